The van der Waals surface area contributed by atoms with E-state index in [0.717, 1.165) is 0 Å². The zero-order chi connectivity index (χ0) is 13.7. The van der Waals surface area contributed by atoms with Gasteiger partial charge in [0.2, 0.25) is 10.0 Å². The van der Waals surface area contributed by atoms with Crippen LogP contribution >= 0.6 is 12.4 Å². The van der Waals surface area contributed by atoms with Crippen LogP contribution in [0.25, 0.3) is 11.3 Å². The first kappa shape index (κ1) is 16.6. The molecule has 1 aromatic carbocycles. The van der Waals surface area contributed by atoms with Crippen LogP contribution in [0.15, 0.2) is 45.9 Å². The fourth-order valence-corrected chi connectivity index (χ4v) is 2.89. The van der Waals surface area contributed by atoms with Gasteiger partial charge in [-0.25, -0.2) is 13.1 Å². The van der Waals surface area contributed by atoms with Gasteiger partial charge in [-0.3, -0.25) is 0 Å². The molecule has 0 saturated heterocycles. The average Bonchev–Trinajstić information content (AvgIpc) is 2.93. The van der Waals surface area contributed by atoms with E-state index >= 15 is 0 Å². The molecule has 8 heteroatoms. The molecule has 0 unspecified atom stereocenters. The lowest BCUT2D eigenvalue weighted by Crippen LogP contribution is -2.30. The molecule has 0 aliphatic carbocycles. The van der Waals surface area contributed by atoms with Gasteiger partial charge in [-0.05, 0) is 19.2 Å². The Balaban J connectivity index is 0.00000200. The van der Waals surface area contributed by atoms with Crippen molar-refractivity contribution >= 4 is 22.4 Å². The molecule has 20 heavy (non-hydrogen) atoms. The SMILES string of the molecule is CNCCNS(=O)(=O)c1ccccc1-c1ccno1.Cl. The van der Waals surface area contributed by atoms with Crippen molar-refractivity contribution in [3.05, 3.63) is 36.5 Å². The smallest absolute Gasteiger partial charge is 0.241 e. The van der Waals surface area contributed by atoms with Crippen LogP contribution in [-0.2, 0) is 10.0 Å². The van der Waals surface area contributed by atoms with E-state index in [-0.39, 0.29) is 17.3 Å². The molecule has 1 aromatic heterocycles. The fourth-order valence-electron chi connectivity index (χ4n) is 1.65. The van der Waals surface area contributed by atoms with E-state index in [9.17, 15) is 8.42 Å². The molecule has 0 fully saturated rings. The molecular formula is C12H16ClN3O3S. The quantitative estimate of drug-likeness (QED) is 0.784. The van der Waals surface area contributed by atoms with Gasteiger partial charge in [0.25, 0.3) is 0 Å². The van der Waals surface area contributed by atoms with Gasteiger partial charge in [-0.15, -0.1) is 12.4 Å². The molecule has 1 heterocycles. The summed E-state index contributed by atoms with van der Waals surface area (Å²) in [5.41, 5.74) is 0.497. The van der Waals surface area contributed by atoms with Crippen molar-refractivity contribution in [3.63, 3.8) is 0 Å². The summed E-state index contributed by atoms with van der Waals surface area (Å²) >= 11 is 0. The van der Waals surface area contributed by atoms with Gasteiger partial charge < -0.3 is 9.84 Å². The van der Waals surface area contributed by atoms with E-state index in [1.54, 1.807) is 37.4 Å². The predicted molar refractivity (Wildman–Crippen MR) is 78.3 cm³/mol. The van der Waals surface area contributed by atoms with Gasteiger partial charge in [-0.1, -0.05) is 17.3 Å². The number of halogens is 1. The standard InChI is InChI=1S/C12H15N3O3S.ClH/c1-13-8-9-15-19(16,17)12-5-3-2-4-10(12)11-6-7-14-18-11;/h2-7,13,15H,8-9H2,1H3;1H. The summed E-state index contributed by atoms with van der Waals surface area (Å²) in [6, 6.07) is 8.28. The third-order valence-corrected chi connectivity index (χ3v) is 4.07. The maximum absolute atomic E-state index is 12.2. The second-order valence-corrected chi connectivity index (χ2v) is 5.61. The zero-order valence-corrected chi connectivity index (χ0v) is 12.5. The van der Waals surface area contributed by atoms with E-state index in [2.05, 4.69) is 15.2 Å². The van der Waals surface area contributed by atoms with Crippen molar-refractivity contribution in [2.24, 2.45) is 0 Å². The molecule has 110 valence electrons. The second kappa shape index (κ2) is 7.39. The molecule has 0 radical (unpaired) electrons. The van der Waals surface area contributed by atoms with E-state index in [4.69, 9.17) is 4.52 Å². The van der Waals surface area contributed by atoms with E-state index in [1.807, 2.05) is 0 Å². The monoisotopic (exact) mass is 317 g/mol. The van der Waals surface area contributed by atoms with Crippen LogP contribution < -0.4 is 10.0 Å². The number of aromatic nitrogens is 1. The Hall–Kier alpha value is -1.41. The average molecular weight is 318 g/mol. The number of hydrogen-bond donors (Lipinski definition) is 2. The number of nitrogens with one attached hydrogen (secondary N) is 2. The van der Waals surface area contributed by atoms with Crippen LogP contribution in [0.4, 0.5) is 0 Å². The lowest BCUT2D eigenvalue weighted by Gasteiger charge is -2.09. The normalized spacial score (nSPS) is 11.1. The number of rotatable bonds is 6. The number of hydrogen-bond acceptors (Lipinski definition) is 5. The molecule has 0 spiro atoms. The van der Waals surface area contributed by atoms with Gasteiger partial charge in [0.1, 0.15) is 0 Å². The minimum absolute atomic E-state index is 0. The summed E-state index contributed by atoms with van der Waals surface area (Å²) < 4.78 is 32.0. The number of sulfonamides is 1. The minimum atomic E-state index is -3.57. The molecule has 0 aliphatic heterocycles. The van der Waals surface area contributed by atoms with Crippen LogP contribution in [0, 0.1) is 0 Å². The first-order valence-electron chi connectivity index (χ1n) is 5.79. The minimum Gasteiger partial charge on any atom is -0.356 e. The van der Waals surface area contributed by atoms with Crippen molar-refractivity contribution in [1.29, 1.82) is 0 Å². The number of benzene rings is 1. The van der Waals surface area contributed by atoms with E-state index in [1.165, 1.54) is 6.20 Å². The summed E-state index contributed by atoms with van der Waals surface area (Å²) in [5, 5.41) is 6.48. The maximum atomic E-state index is 12.2. The van der Waals surface area contributed by atoms with Crippen molar-refractivity contribution in [2.75, 3.05) is 20.1 Å². The summed E-state index contributed by atoms with van der Waals surface area (Å²) in [7, 11) is -1.81. The molecule has 0 bridgehead atoms. The first-order valence-corrected chi connectivity index (χ1v) is 7.28. The Labute approximate surface area is 124 Å². The van der Waals surface area contributed by atoms with Crippen LogP contribution in [-0.4, -0.2) is 33.7 Å². The molecule has 2 rings (SSSR count). The molecule has 2 aromatic rings. The number of nitrogens with zero attached hydrogens (tertiary/aromatic N) is 1. The van der Waals surface area contributed by atoms with Crippen LogP contribution in [0.3, 0.4) is 0 Å². The van der Waals surface area contributed by atoms with Crippen molar-refractivity contribution in [2.45, 2.75) is 4.90 Å². The first-order chi connectivity index (χ1) is 9.15. The third kappa shape index (κ3) is 3.80. The zero-order valence-electron chi connectivity index (χ0n) is 10.9. The molecular weight excluding hydrogens is 302 g/mol. The van der Waals surface area contributed by atoms with Gasteiger partial charge in [0, 0.05) is 24.7 Å². The Morgan fingerprint density at radius 1 is 1.20 bits per heavy atom. The van der Waals surface area contributed by atoms with Gasteiger partial charge in [-0.2, -0.15) is 0 Å². The molecule has 0 aliphatic rings. The fraction of sp³-hybridized carbons (Fsp3) is 0.250. The topological polar surface area (TPSA) is 84.2 Å². The maximum Gasteiger partial charge on any atom is 0.241 e. The highest BCUT2D eigenvalue weighted by Gasteiger charge is 2.19. The second-order valence-electron chi connectivity index (χ2n) is 3.87. The lowest BCUT2D eigenvalue weighted by molar-refractivity contribution is 0.431. The Bertz CT molecular complexity index is 629. The van der Waals surface area contributed by atoms with Crippen LogP contribution in [0.5, 0.6) is 0 Å². The Morgan fingerprint density at radius 2 is 1.95 bits per heavy atom. The van der Waals surface area contributed by atoms with Gasteiger partial charge in [0.15, 0.2) is 5.76 Å². The highest BCUT2D eigenvalue weighted by molar-refractivity contribution is 7.89. The van der Waals surface area contributed by atoms with Gasteiger partial charge >= 0.3 is 0 Å². The van der Waals surface area contributed by atoms with Crippen LogP contribution in [0.2, 0.25) is 0 Å². The lowest BCUT2D eigenvalue weighted by atomic mass is 10.2. The van der Waals surface area contributed by atoms with Crippen molar-refractivity contribution < 1.29 is 12.9 Å². The van der Waals surface area contributed by atoms with E-state index < -0.39 is 10.0 Å². The van der Waals surface area contributed by atoms with Crippen LogP contribution in [0.1, 0.15) is 0 Å². The summed E-state index contributed by atoms with van der Waals surface area (Å²) in [4.78, 5) is 0.183. The highest BCUT2D eigenvalue weighted by Crippen LogP contribution is 2.26. The van der Waals surface area contributed by atoms with Crippen molar-refractivity contribution in [1.82, 2.24) is 15.2 Å². The summed E-state index contributed by atoms with van der Waals surface area (Å²) in [6.45, 7) is 0.882. The molecule has 0 atom stereocenters. The highest BCUT2D eigenvalue weighted by atomic mass is 35.5. The third-order valence-electron chi connectivity index (χ3n) is 2.55. The predicted octanol–water partition coefficient (Wildman–Crippen LogP) is 1.26. The van der Waals surface area contributed by atoms with E-state index in [0.29, 0.717) is 24.4 Å². The summed E-state index contributed by atoms with van der Waals surface area (Å²) in [6.07, 6.45) is 1.48. The molecule has 0 saturated carbocycles. The van der Waals surface area contributed by atoms with Crippen molar-refractivity contribution in [3.8, 4) is 11.3 Å². The van der Waals surface area contributed by atoms with Gasteiger partial charge in [0.05, 0.1) is 11.1 Å². The molecule has 2 N–H and O–H groups in total. The molecule has 0 amide bonds. The largest absolute Gasteiger partial charge is 0.356 e. The Morgan fingerprint density at radius 3 is 2.60 bits per heavy atom. The Kier molecular flexibility index (Phi) is 6.15. The number of likely N-dealkylation sites (N-methyl/N-ethyl adjacent to an activating group) is 1. The summed E-state index contributed by atoms with van der Waals surface area (Å²) in [5.74, 6) is 0.426. The molecule has 6 nitrogen and oxygen atoms in total.